The topological polar surface area (TPSA) is 66.2 Å². The Labute approximate surface area is 179 Å². The van der Waals surface area contributed by atoms with Crippen LogP contribution in [0.3, 0.4) is 0 Å². The van der Waals surface area contributed by atoms with Crippen molar-refractivity contribution in [2.24, 2.45) is 12.5 Å². The molecule has 2 heterocycles. The van der Waals surface area contributed by atoms with Gasteiger partial charge < -0.3 is 9.47 Å². The molecule has 1 aliphatic rings. The van der Waals surface area contributed by atoms with Crippen molar-refractivity contribution in [3.8, 4) is 11.3 Å². The van der Waals surface area contributed by atoms with Crippen LogP contribution in [-0.2, 0) is 21.3 Å². The number of pyridine rings is 1. The van der Waals surface area contributed by atoms with Crippen LogP contribution < -0.4 is 0 Å². The highest BCUT2D eigenvalue weighted by atomic mass is 16.6. The highest BCUT2D eigenvalue weighted by molar-refractivity contribution is 5.85. The van der Waals surface area contributed by atoms with Crippen molar-refractivity contribution in [3.63, 3.8) is 0 Å². The van der Waals surface area contributed by atoms with E-state index < -0.39 is 17.7 Å². The summed E-state index contributed by atoms with van der Waals surface area (Å²) >= 11 is 0. The fourth-order valence-corrected chi connectivity index (χ4v) is 3.85. The first-order valence-corrected chi connectivity index (χ1v) is 10.4. The van der Waals surface area contributed by atoms with Gasteiger partial charge in [0.25, 0.3) is 0 Å². The van der Waals surface area contributed by atoms with Crippen molar-refractivity contribution in [3.05, 3.63) is 41.9 Å². The summed E-state index contributed by atoms with van der Waals surface area (Å²) in [7, 11) is 3.25. The lowest BCUT2D eigenvalue weighted by molar-refractivity contribution is -0.165. The van der Waals surface area contributed by atoms with Crippen LogP contribution in [0.1, 0.15) is 71.2 Å². The summed E-state index contributed by atoms with van der Waals surface area (Å²) in [5.41, 5.74) is 4.45. The zero-order chi connectivity index (χ0) is 22.1. The molecule has 0 bridgehead atoms. The normalized spacial score (nSPS) is 17.4. The molecule has 0 radical (unpaired) electrons. The zero-order valence-corrected chi connectivity index (χ0v) is 19.2. The maximum Gasteiger partial charge on any atom is 0.341 e. The number of ether oxygens (including phenoxy) is 2. The minimum absolute atomic E-state index is 0.270. The zero-order valence-electron chi connectivity index (χ0n) is 19.2. The van der Waals surface area contributed by atoms with Gasteiger partial charge in [0.1, 0.15) is 5.69 Å². The third-order valence-electron chi connectivity index (χ3n) is 5.47. The van der Waals surface area contributed by atoms with Crippen LogP contribution in [0.4, 0.5) is 0 Å². The molecule has 0 aromatic carbocycles. The maximum absolute atomic E-state index is 12.8. The number of rotatable bonds is 5. The number of hydrogen-bond donors (Lipinski definition) is 0. The SMILES string of the molecule is COC(=O)C(OC(C)(C)C)c1c(C2=CCC(C)(C)CC2)c(-c2ccncc2)nn1C. The summed E-state index contributed by atoms with van der Waals surface area (Å²) in [4.78, 5) is 16.9. The molecule has 0 saturated carbocycles. The number of aryl methyl sites for hydroxylation is 1. The predicted molar refractivity (Wildman–Crippen MR) is 118 cm³/mol. The summed E-state index contributed by atoms with van der Waals surface area (Å²) in [6.45, 7) is 10.4. The third-order valence-corrected chi connectivity index (χ3v) is 5.47. The van der Waals surface area contributed by atoms with Crippen LogP contribution in [0.5, 0.6) is 0 Å². The van der Waals surface area contributed by atoms with Gasteiger partial charge in [-0.2, -0.15) is 5.10 Å². The molecule has 162 valence electrons. The number of nitrogens with zero attached hydrogens (tertiary/aromatic N) is 3. The summed E-state index contributed by atoms with van der Waals surface area (Å²) < 4.78 is 13.1. The van der Waals surface area contributed by atoms with E-state index in [2.05, 4.69) is 24.9 Å². The van der Waals surface area contributed by atoms with Gasteiger partial charge in [-0.25, -0.2) is 4.79 Å². The number of hydrogen-bond acceptors (Lipinski definition) is 5. The van der Waals surface area contributed by atoms with Crippen LogP contribution in [0, 0.1) is 5.41 Å². The van der Waals surface area contributed by atoms with E-state index in [-0.39, 0.29) is 5.41 Å². The predicted octanol–water partition coefficient (Wildman–Crippen LogP) is 5.10. The van der Waals surface area contributed by atoms with Crippen molar-refractivity contribution in [2.75, 3.05) is 7.11 Å². The second-order valence-corrected chi connectivity index (χ2v) is 9.70. The van der Waals surface area contributed by atoms with Crippen molar-refractivity contribution in [1.82, 2.24) is 14.8 Å². The molecule has 6 heteroatoms. The van der Waals surface area contributed by atoms with E-state index in [1.807, 2.05) is 40.0 Å². The van der Waals surface area contributed by atoms with Crippen LogP contribution in [-0.4, -0.2) is 33.4 Å². The van der Waals surface area contributed by atoms with Crippen LogP contribution >= 0.6 is 0 Å². The first kappa shape index (κ1) is 22.2. The smallest absolute Gasteiger partial charge is 0.341 e. The average molecular weight is 412 g/mol. The van der Waals surface area contributed by atoms with E-state index >= 15 is 0 Å². The van der Waals surface area contributed by atoms with E-state index in [0.717, 1.165) is 41.8 Å². The molecular weight excluding hydrogens is 378 g/mol. The minimum Gasteiger partial charge on any atom is -0.467 e. The maximum atomic E-state index is 12.8. The molecule has 0 amide bonds. The van der Waals surface area contributed by atoms with E-state index in [0.29, 0.717) is 0 Å². The van der Waals surface area contributed by atoms with Crippen molar-refractivity contribution in [1.29, 1.82) is 0 Å². The molecule has 1 aliphatic carbocycles. The lowest BCUT2D eigenvalue weighted by atomic mass is 9.76. The minimum atomic E-state index is -0.867. The lowest BCUT2D eigenvalue weighted by Crippen LogP contribution is -2.30. The van der Waals surface area contributed by atoms with Gasteiger partial charge in [0, 0.05) is 30.6 Å². The molecule has 0 fully saturated rings. The van der Waals surface area contributed by atoms with Gasteiger partial charge in [-0.1, -0.05) is 19.9 Å². The second kappa shape index (κ2) is 8.34. The molecule has 0 N–H and O–H groups in total. The molecule has 0 spiro atoms. The Morgan fingerprint density at radius 3 is 2.43 bits per heavy atom. The van der Waals surface area contributed by atoms with E-state index in [1.54, 1.807) is 17.1 Å². The molecule has 1 atom stereocenters. The number of carbonyl (C=O) groups is 1. The summed E-state index contributed by atoms with van der Waals surface area (Å²) in [6, 6.07) is 3.89. The fraction of sp³-hybridized carbons (Fsp3) is 0.542. The Hall–Kier alpha value is -2.47. The van der Waals surface area contributed by atoms with E-state index in [4.69, 9.17) is 14.6 Å². The number of carbonyl (C=O) groups excluding carboxylic acids is 1. The van der Waals surface area contributed by atoms with Gasteiger partial charge in [0.15, 0.2) is 6.10 Å². The van der Waals surface area contributed by atoms with Crippen molar-refractivity contribution in [2.45, 2.75) is 65.6 Å². The van der Waals surface area contributed by atoms with Crippen molar-refractivity contribution < 1.29 is 14.3 Å². The van der Waals surface area contributed by atoms with Crippen LogP contribution in [0.15, 0.2) is 30.6 Å². The molecule has 0 saturated heterocycles. The second-order valence-electron chi connectivity index (χ2n) is 9.70. The fourth-order valence-electron chi connectivity index (χ4n) is 3.85. The summed E-state index contributed by atoms with van der Waals surface area (Å²) in [5.74, 6) is -0.424. The highest BCUT2D eigenvalue weighted by Crippen LogP contribution is 2.44. The Morgan fingerprint density at radius 1 is 1.23 bits per heavy atom. The number of allylic oxidation sites excluding steroid dienone is 2. The van der Waals surface area contributed by atoms with Crippen LogP contribution in [0.25, 0.3) is 16.8 Å². The molecule has 3 rings (SSSR count). The van der Waals surface area contributed by atoms with Gasteiger partial charge in [-0.15, -0.1) is 0 Å². The largest absolute Gasteiger partial charge is 0.467 e. The summed E-state index contributed by atoms with van der Waals surface area (Å²) in [6.07, 6.45) is 7.92. The molecule has 2 aromatic rings. The quantitative estimate of drug-likeness (QED) is 0.640. The highest BCUT2D eigenvalue weighted by Gasteiger charge is 2.36. The Morgan fingerprint density at radius 2 is 1.90 bits per heavy atom. The Balaban J connectivity index is 2.23. The number of esters is 1. The van der Waals surface area contributed by atoms with Gasteiger partial charge in [-0.3, -0.25) is 9.67 Å². The first-order chi connectivity index (χ1) is 14.0. The van der Waals surface area contributed by atoms with Gasteiger partial charge in [0.05, 0.1) is 18.4 Å². The van der Waals surface area contributed by atoms with Gasteiger partial charge >= 0.3 is 5.97 Å². The van der Waals surface area contributed by atoms with Crippen molar-refractivity contribution >= 4 is 11.5 Å². The molecule has 1 unspecified atom stereocenters. The molecule has 2 aromatic heterocycles. The van der Waals surface area contributed by atoms with E-state index in [1.165, 1.54) is 12.7 Å². The summed E-state index contributed by atoms with van der Waals surface area (Å²) in [5, 5.41) is 4.82. The Bertz CT molecular complexity index is 937. The monoisotopic (exact) mass is 411 g/mol. The third kappa shape index (κ3) is 4.81. The molecule has 0 aliphatic heterocycles. The average Bonchev–Trinajstić information content (AvgIpc) is 3.02. The van der Waals surface area contributed by atoms with Gasteiger partial charge in [0.2, 0.25) is 0 Å². The lowest BCUT2D eigenvalue weighted by Gasteiger charge is -2.30. The molecule has 30 heavy (non-hydrogen) atoms. The standard InChI is InChI=1S/C24H33N3O3/c1-23(2,3)30-21(22(28)29-7)20-18(16-8-12-24(4,5)13-9-16)19(26-27(20)6)17-10-14-25-15-11-17/h8,10-11,14-15,21H,9,12-13H2,1-7H3. The van der Waals surface area contributed by atoms with E-state index in [9.17, 15) is 4.79 Å². The van der Waals surface area contributed by atoms with Gasteiger partial charge in [-0.05, 0) is 63.2 Å². The Kier molecular flexibility index (Phi) is 6.18. The number of aromatic nitrogens is 3. The molecular formula is C24H33N3O3. The van der Waals surface area contributed by atoms with Crippen LogP contribution in [0.2, 0.25) is 0 Å². The first-order valence-electron chi connectivity index (χ1n) is 10.4. The molecule has 6 nitrogen and oxygen atoms in total. The number of methoxy groups -OCH3 is 1.